The Morgan fingerprint density at radius 2 is 1.71 bits per heavy atom. The zero-order valence-corrected chi connectivity index (χ0v) is 12.4. The lowest BCUT2D eigenvalue weighted by Crippen LogP contribution is -2.33. The molecule has 0 aromatic heterocycles. The Labute approximate surface area is 128 Å². The molecule has 0 spiro atoms. The van der Waals surface area contributed by atoms with Gasteiger partial charge in [-0.15, -0.1) is 0 Å². The van der Waals surface area contributed by atoms with Crippen LogP contribution in [-0.2, 0) is 0 Å². The molecule has 0 saturated heterocycles. The molecule has 0 radical (unpaired) electrons. The highest BCUT2D eigenvalue weighted by Gasteiger charge is 1.98. The minimum Gasteiger partial charge on any atom is -0.375 e. The third kappa shape index (κ3) is 4.57. The monoisotopic (exact) mass is 301 g/mol. The van der Waals surface area contributed by atoms with Gasteiger partial charge in [-0.1, -0.05) is 30.3 Å². The third-order valence-electron chi connectivity index (χ3n) is 2.92. The second-order valence-corrected chi connectivity index (χ2v) is 5.01. The van der Waals surface area contributed by atoms with Crippen LogP contribution in [0.4, 0.5) is 10.1 Å². The molecule has 0 aliphatic heterocycles. The second-order valence-electron chi connectivity index (χ2n) is 4.57. The molecule has 0 saturated carbocycles. The lowest BCUT2D eigenvalue weighted by Gasteiger charge is -2.08. The zero-order chi connectivity index (χ0) is 15.2. The number of hydrazine groups is 1. The third-order valence-corrected chi connectivity index (χ3v) is 3.03. The lowest BCUT2D eigenvalue weighted by molar-refractivity contribution is 0.628. The number of benzene rings is 2. The van der Waals surface area contributed by atoms with Crippen molar-refractivity contribution in [3.8, 4) is 0 Å². The van der Waals surface area contributed by atoms with Crippen molar-refractivity contribution in [3.63, 3.8) is 0 Å². The number of hydrogen-bond donors (Lipinski definition) is 3. The van der Waals surface area contributed by atoms with Crippen LogP contribution in [0, 0.1) is 5.82 Å². The summed E-state index contributed by atoms with van der Waals surface area (Å²) in [5.74, 6) is -0.231. The molecule has 21 heavy (non-hydrogen) atoms. The molecular formula is C16H16FN3S. The Morgan fingerprint density at radius 1 is 1.10 bits per heavy atom. The summed E-state index contributed by atoms with van der Waals surface area (Å²) in [7, 11) is 0. The van der Waals surface area contributed by atoms with Crippen molar-refractivity contribution >= 4 is 34.7 Å². The fourth-order valence-corrected chi connectivity index (χ4v) is 1.89. The minimum absolute atomic E-state index is 0.187. The fraction of sp³-hybridized carbons (Fsp3) is 0.0625. The van der Waals surface area contributed by atoms with E-state index < -0.39 is 0 Å². The fourth-order valence-electron chi connectivity index (χ4n) is 1.84. The van der Waals surface area contributed by atoms with E-state index in [9.17, 15) is 4.39 Å². The van der Waals surface area contributed by atoms with Crippen molar-refractivity contribution in [3.05, 3.63) is 65.5 Å². The number of hydrogen-bond acceptors (Lipinski definition) is 2. The van der Waals surface area contributed by atoms with Crippen LogP contribution in [0.3, 0.4) is 0 Å². The van der Waals surface area contributed by atoms with Crippen molar-refractivity contribution in [1.82, 2.24) is 5.43 Å². The van der Waals surface area contributed by atoms with Gasteiger partial charge < -0.3 is 5.73 Å². The summed E-state index contributed by atoms with van der Waals surface area (Å²) in [6, 6.07) is 14.2. The number of nitrogens with one attached hydrogen (secondary N) is 2. The molecule has 2 aromatic carbocycles. The molecule has 108 valence electrons. The topological polar surface area (TPSA) is 50.1 Å². The first-order chi connectivity index (χ1) is 10.0. The molecule has 4 N–H and O–H groups in total. The van der Waals surface area contributed by atoms with Gasteiger partial charge in [0, 0.05) is 0 Å². The van der Waals surface area contributed by atoms with E-state index >= 15 is 0 Å². The highest BCUT2D eigenvalue weighted by Crippen LogP contribution is 2.19. The van der Waals surface area contributed by atoms with Crippen molar-refractivity contribution in [1.29, 1.82) is 0 Å². The van der Waals surface area contributed by atoms with Crippen LogP contribution in [0.5, 0.6) is 0 Å². The summed E-state index contributed by atoms with van der Waals surface area (Å²) in [5, 5.41) is 0.187. The van der Waals surface area contributed by atoms with Gasteiger partial charge in [0.1, 0.15) is 5.82 Å². The molecule has 2 aromatic rings. The van der Waals surface area contributed by atoms with Crippen molar-refractivity contribution in [2.24, 2.45) is 5.73 Å². The quantitative estimate of drug-likeness (QED) is 0.459. The van der Waals surface area contributed by atoms with Gasteiger partial charge in [-0.25, -0.2) is 4.39 Å². The van der Waals surface area contributed by atoms with Crippen LogP contribution in [0.1, 0.15) is 18.1 Å². The molecule has 0 unspecified atom stereocenters. The second kappa shape index (κ2) is 6.85. The van der Waals surface area contributed by atoms with Crippen molar-refractivity contribution in [2.75, 3.05) is 5.43 Å². The summed E-state index contributed by atoms with van der Waals surface area (Å²) >= 11 is 4.71. The van der Waals surface area contributed by atoms with Gasteiger partial charge in [0.15, 0.2) is 5.11 Å². The Kier molecular flexibility index (Phi) is 4.90. The smallest absolute Gasteiger partial charge is 0.182 e. The Bertz CT molecular complexity index is 648. The summed E-state index contributed by atoms with van der Waals surface area (Å²) in [4.78, 5) is 0. The highest BCUT2D eigenvalue weighted by molar-refractivity contribution is 7.80. The molecule has 0 fully saturated rings. The molecule has 3 nitrogen and oxygen atoms in total. The Hall–Kier alpha value is -2.40. The largest absolute Gasteiger partial charge is 0.375 e. The van der Waals surface area contributed by atoms with Gasteiger partial charge in [-0.05, 0) is 60.1 Å². The van der Waals surface area contributed by atoms with E-state index in [1.165, 1.54) is 12.1 Å². The highest BCUT2D eigenvalue weighted by atomic mass is 32.1. The van der Waals surface area contributed by atoms with E-state index in [0.717, 1.165) is 22.4 Å². The van der Waals surface area contributed by atoms with Gasteiger partial charge >= 0.3 is 0 Å². The van der Waals surface area contributed by atoms with Gasteiger partial charge in [-0.2, -0.15) is 0 Å². The summed E-state index contributed by atoms with van der Waals surface area (Å²) < 4.78 is 12.9. The summed E-state index contributed by atoms with van der Waals surface area (Å²) in [5.41, 5.74) is 14.9. The lowest BCUT2D eigenvalue weighted by atomic mass is 10.0. The van der Waals surface area contributed by atoms with Crippen LogP contribution >= 0.6 is 12.2 Å². The van der Waals surface area contributed by atoms with Gasteiger partial charge in [-0.3, -0.25) is 10.9 Å². The first kappa shape index (κ1) is 15.0. The number of anilines is 1. The molecule has 2 rings (SSSR count). The standard InChI is InChI=1S/C16H16FN3S/c1-11(10-12-2-6-14(17)7-3-12)13-4-8-15(9-5-13)19-20-16(18)21/h2-10,19H,1H3,(H3,18,20,21)/b11-10+. The maximum Gasteiger partial charge on any atom is 0.182 e. The average molecular weight is 301 g/mol. The molecule has 5 heteroatoms. The van der Waals surface area contributed by atoms with E-state index in [-0.39, 0.29) is 10.9 Å². The molecule has 0 heterocycles. The van der Waals surface area contributed by atoms with Crippen LogP contribution < -0.4 is 16.6 Å². The van der Waals surface area contributed by atoms with E-state index in [2.05, 4.69) is 10.9 Å². The molecule has 0 aliphatic carbocycles. The van der Waals surface area contributed by atoms with E-state index in [1.54, 1.807) is 12.1 Å². The first-order valence-electron chi connectivity index (χ1n) is 6.40. The van der Waals surface area contributed by atoms with Crippen LogP contribution in [0.2, 0.25) is 0 Å². The predicted octanol–water partition coefficient (Wildman–Crippen LogP) is 3.55. The molecule has 0 aliphatic rings. The van der Waals surface area contributed by atoms with Crippen LogP contribution in [-0.4, -0.2) is 5.11 Å². The number of allylic oxidation sites excluding steroid dienone is 1. The van der Waals surface area contributed by atoms with Gasteiger partial charge in [0.25, 0.3) is 0 Å². The molecule has 0 amide bonds. The van der Waals surface area contributed by atoms with Crippen LogP contribution in [0.25, 0.3) is 11.6 Å². The zero-order valence-electron chi connectivity index (χ0n) is 11.6. The normalized spacial score (nSPS) is 11.0. The molecule has 0 bridgehead atoms. The SMILES string of the molecule is C/C(=C\c1ccc(F)cc1)c1ccc(NNC(N)=S)cc1. The number of halogens is 1. The maximum absolute atomic E-state index is 12.9. The number of thiocarbonyl (C=S) groups is 1. The molecular weight excluding hydrogens is 285 g/mol. The Balaban J connectivity index is 2.10. The van der Waals surface area contributed by atoms with Crippen molar-refractivity contribution in [2.45, 2.75) is 6.92 Å². The Morgan fingerprint density at radius 3 is 2.29 bits per heavy atom. The van der Waals surface area contributed by atoms with Crippen molar-refractivity contribution < 1.29 is 4.39 Å². The summed E-state index contributed by atoms with van der Waals surface area (Å²) in [6.07, 6.45) is 2.01. The number of nitrogens with two attached hydrogens (primary N) is 1. The average Bonchev–Trinajstić information content (AvgIpc) is 2.48. The van der Waals surface area contributed by atoms with Gasteiger partial charge in [0.05, 0.1) is 5.69 Å². The van der Waals surface area contributed by atoms with E-state index in [1.807, 2.05) is 37.3 Å². The summed E-state index contributed by atoms with van der Waals surface area (Å²) in [6.45, 7) is 2.01. The molecule has 0 atom stereocenters. The number of rotatable bonds is 4. The minimum atomic E-state index is -0.231. The van der Waals surface area contributed by atoms with E-state index in [4.69, 9.17) is 18.0 Å². The van der Waals surface area contributed by atoms with Gasteiger partial charge in [0.2, 0.25) is 0 Å². The first-order valence-corrected chi connectivity index (χ1v) is 6.81. The van der Waals surface area contributed by atoms with Crippen LogP contribution in [0.15, 0.2) is 48.5 Å². The van der Waals surface area contributed by atoms with E-state index in [0.29, 0.717) is 0 Å². The maximum atomic E-state index is 12.9. The predicted molar refractivity (Wildman–Crippen MR) is 89.9 cm³/mol.